The molecule has 0 aromatic carbocycles. The second kappa shape index (κ2) is 7.06. The van der Waals surface area contributed by atoms with Gasteiger partial charge in [-0.05, 0) is 38.7 Å². The molecule has 0 radical (unpaired) electrons. The number of imidazole rings is 1. The van der Waals surface area contributed by atoms with Crippen LogP contribution in [-0.4, -0.2) is 37.2 Å². The van der Waals surface area contributed by atoms with Crippen molar-refractivity contribution < 1.29 is 5.11 Å². The molecule has 1 aliphatic carbocycles. The molecule has 0 amide bonds. The molecule has 3 heterocycles. The molecule has 3 aromatic rings. The van der Waals surface area contributed by atoms with Crippen molar-refractivity contribution in [3.05, 3.63) is 24.3 Å². The summed E-state index contributed by atoms with van der Waals surface area (Å²) in [5.74, 6) is 0.719. The average Bonchev–Trinajstić information content (AvgIpc) is 3.26. The van der Waals surface area contributed by atoms with Crippen molar-refractivity contribution in [2.45, 2.75) is 57.2 Å². The highest BCUT2D eigenvalue weighted by Crippen LogP contribution is 2.36. The Morgan fingerprint density at radius 2 is 2.23 bits per heavy atom. The maximum Gasteiger partial charge on any atom is 0.139 e. The Kier molecular flexibility index (Phi) is 4.62. The van der Waals surface area contributed by atoms with Gasteiger partial charge in [-0.15, -0.1) is 0 Å². The first kappa shape index (κ1) is 17.0. The smallest absolute Gasteiger partial charge is 0.139 e. The van der Waals surface area contributed by atoms with Gasteiger partial charge < -0.3 is 20.0 Å². The van der Waals surface area contributed by atoms with Gasteiger partial charge in [0, 0.05) is 36.6 Å². The summed E-state index contributed by atoms with van der Waals surface area (Å²) < 4.78 is 2.24. The summed E-state index contributed by atoms with van der Waals surface area (Å²) in [4.78, 5) is 12.3. The molecule has 7 nitrogen and oxygen atoms in total. The van der Waals surface area contributed by atoms with Crippen LogP contribution in [0.1, 0.15) is 57.0 Å². The third kappa shape index (κ3) is 2.96. The number of fused-ring (bicyclic) bond motifs is 3. The van der Waals surface area contributed by atoms with Crippen molar-refractivity contribution in [1.82, 2.24) is 24.8 Å². The summed E-state index contributed by atoms with van der Waals surface area (Å²) >= 11 is 0. The molecular weight excluding hydrogens is 328 g/mol. The Morgan fingerprint density at radius 3 is 2.96 bits per heavy atom. The predicted molar refractivity (Wildman–Crippen MR) is 99.5 cm³/mol. The van der Waals surface area contributed by atoms with E-state index in [1.54, 1.807) is 13.1 Å². The van der Waals surface area contributed by atoms with Gasteiger partial charge in [-0.1, -0.05) is 0 Å². The molecule has 1 fully saturated rings. The number of hydrogen-bond acceptors (Lipinski definition) is 5. The molecule has 26 heavy (non-hydrogen) atoms. The molecule has 136 valence electrons. The first-order valence-electron chi connectivity index (χ1n) is 9.31. The zero-order valence-corrected chi connectivity index (χ0v) is 14.9. The molecule has 1 saturated carbocycles. The minimum absolute atomic E-state index is 0.319. The lowest BCUT2D eigenvalue weighted by Gasteiger charge is -2.31. The fourth-order valence-electron chi connectivity index (χ4n) is 4.14. The molecule has 7 heteroatoms. The molecule has 1 atom stereocenters. The second-order valence-electron chi connectivity index (χ2n) is 7.12. The Labute approximate surface area is 152 Å². The molecule has 1 aliphatic rings. The Balaban J connectivity index is 1.66. The molecule has 0 bridgehead atoms. The van der Waals surface area contributed by atoms with E-state index in [0.717, 1.165) is 60.1 Å². The quantitative estimate of drug-likeness (QED) is 0.613. The summed E-state index contributed by atoms with van der Waals surface area (Å²) in [5.41, 5.74) is 2.75. The third-order valence-electron chi connectivity index (χ3n) is 5.37. The lowest BCUT2D eigenvalue weighted by atomic mass is 9.90. The van der Waals surface area contributed by atoms with Gasteiger partial charge in [0.05, 0.1) is 17.8 Å². The van der Waals surface area contributed by atoms with Crippen molar-refractivity contribution in [2.24, 2.45) is 0 Å². The fourth-order valence-corrected chi connectivity index (χ4v) is 4.14. The summed E-state index contributed by atoms with van der Waals surface area (Å²) in [7, 11) is 0. The molecule has 4 rings (SSSR count). The highest BCUT2D eigenvalue weighted by Gasteiger charge is 2.27. The largest absolute Gasteiger partial charge is 0.385 e. The van der Waals surface area contributed by atoms with Crippen LogP contribution in [0.2, 0.25) is 0 Å². The summed E-state index contributed by atoms with van der Waals surface area (Å²) in [5, 5.41) is 23.5. The van der Waals surface area contributed by atoms with Crippen molar-refractivity contribution in [1.29, 1.82) is 5.26 Å². The highest BCUT2D eigenvalue weighted by atomic mass is 16.3. The number of H-pyrrole nitrogens is 1. The lowest BCUT2D eigenvalue weighted by Crippen LogP contribution is -2.34. The van der Waals surface area contributed by atoms with E-state index in [2.05, 4.69) is 30.9 Å². The number of nitrogens with one attached hydrogen (secondary N) is 2. The number of aliphatic hydroxyl groups excluding tert-OH is 1. The predicted octanol–water partition coefficient (Wildman–Crippen LogP) is 2.95. The second-order valence-corrected chi connectivity index (χ2v) is 7.12. The van der Waals surface area contributed by atoms with Gasteiger partial charge in [-0.2, -0.15) is 5.26 Å². The van der Waals surface area contributed by atoms with Crippen LogP contribution in [0.4, 0.5) is 0 Å². The van der Waals surface area contributed by atoms with E-state index in [1.165, 1.54) is 0 Å². The van der Waals surface area contributed by atoms with E-state index in [9.17, 15) is 5.11 Å². The van der Waals surface area contributed by atoms with Crippen molar-refractivity contribution >= 4 is 22.1 Å². The highest BCUT2D eigenvalue weighted by molar-refractivity contribution is 6.01. The summed E-state index contributed by atoms with van der Waals surface area (Å²) in [6, 6.07) is 5.00. The van der Waals surface area contributed by atoms with Crippen molar-refractivity contribution in [3.8, 4) is 6.07 Å². The van der Waals surface area contributed by atoms with Crippen LogP contribution in [0.25, 0.3) is 22.1 Å². The minimum Gasteiger partial charge on any atom is -0.385 e. The molecule has 0 saturated heterocycles. The van der Waals surface area contributed by atoms with Crippen LogP contribution in [0, 0.1) is 11.3 Å². The van der Waals surface area contributed by atoms with Crippen molar-refractivity contribution in [3.63, 3.8) is 0 Å². The van der Waals surface area contributed by atoms with E-state index < -0.39 is 6.10 Å². The number of nitriles is 1. The molecular formula is C19H24N6O. The molecule has 3 N–H and O–H groups in total. The first-order valence-corrected chi connectivity index (χ1v) is 9.31. The molecule has 0 spiro atoms. The van der Waals surface area contributed by atoms with E-state index >= 15 is 0 Å². The zero-order valence-electron chi connectivity index (χ0n) is 14.9. The summed E-state index contributed by atoms with van der Waals surface area (Å²) in [6.45, 7) is 2.53. The maximum atomic E-state index is 10.3. The van der Waals surface area contributed by atoms with Crippen LogP contribution in [-0.2, 0) is 0 Å². The topological polar surface area (TPSA) is 103 Å². The first-order chi connectivity index (χ1) is 12.7. The normalized spacial score (nSPS) is 21.9. The van der Waals surface area contributed by atoms with Crippen LogP contribution < -0.4 is 5.32 Å². The van der Waals surface area contributed by atoms with Crippen LogP contribution >= 0.6 is 0 Å². The molecule has 3 aromatic heterocycles. The number of rotatable bonds is 5. The van der Waals surface area contributed by atoms with Crippen LogP contribution in [0.5, 0.6) is 0 Å². The number of hydrogen-bond donors (Lipinski definition) is 3. The fraction of sp³-hybridized carbons (Fsp3) is 0.526. The third-order valence-corrected chi connectivity index (χ3v) is 5.37. The van der Waals surface area contributed by atoms with E-state index in [4.69, 9.17) is 5.26 Å². The van der Waals surface area contributed by atoms with Gasteiger partial charge >= 0.3 is 0 Å². The minimum atomic E-state index is -0.622. The number of aromatic amines is 1. The SMILES string of the molecule is C[C@@H](O)c1nc2cnc3[nH]ccc3c2n1C1CCC(NCCC#N)CC1. The molecule has 0 unspecified atom stereocenters. The summed E-state index contributed by atoms with van der Waals surface area (Å²) in [6.07, 6.45) is 7.80. The van der Waals surface area contributed by atoms with Gasteiger partial charge in [0.2, 0.25) is 0 Å². The van der Waals surface area contributed by atoms with Crippen LogP contribution in [0.3, 0.4) is 0 Å². The lowest BCUT2D eigenvalue weighted by molar-refractivity contribution is 0.176. The number of nitrogens with zero attached hydrogens (tertiary/aromatic N) is 4. The number of aromatic nitrogens is 4. The van der Waals surface area contributed by atoms with E-state index in [0.29, 0.717) is 18.5 Å². The average molecular weight is 352 g/mol. The zero-order chi connectivity index (χ0) is 18.1. The Morgan fingerprint density at radius 1 is 1.42 bits per heavy atom. The van der Waals surface area contributed by atoms with Gasteiger partial charge in [-0.25, -0.2) is 9.97 Å². The van der Waals surface area contributed by atoms with E-state index in [1.807, 2.05) is 12.3 Å². The Bertz CT molecular complexity index is 942. The standard InChI is InChI=1S/C19H24N6O/c1-12(26)19-24-16-11-23-18-15(7-10-22-18)17(16)25(19)14-5-3-13(4-6-14)21-9-2-8-20/h7,10-14,21,26H,2-6,9H2,1H3,(H,22,23)/t12-,13?,14?/m1/s1. The molecule has 0 aliphatic heterocycles. The van der Waals surface area contributed by atoms with E-state index in [-0.39, 0.29) is 0 Å². The van der Waals surface area contributed by atoms with Gasteiger partial charge in [0.1, 0.15) is 23.1 Å². The van der Waals surface area contributed by atoms with Gasteiger partial charge in [-0.3, -0.25) is 0 Å². The maximum absolute atomic E-state index is 10.3. The van der Waals surface area contributed by atoms with Crippen molar-refractivity contribution in [2.75, 3.05) is 6.54 Å². The number of pyridine rings is 1. The van der Waals surface area contributed by atoms with Crippen LogP contribution in [0.15, 0.2) is 18.5 Å². The number of aliphatic hydroxyl groups is 1. The van der Waals surface area contributed by atoms with Gasteiger partial charge in [0.25, 0.3) is 0 Å². The van der Waals surface area contributed by atoms with Gasteiger partial charge in [0.15, 0.2) is 0 Å². The monoisotopic (exact) mass is 352 g/mol. The Hall–Kier alpha value is -2.43.